The third-order valence-corrected chi connectivity index (χ3v) is 3.49. The van der Waals surface area contributed by atoms with Crippen molar-refractivity contribution in [2.75, 3.05) is 6.61 Å². The zero-order valence-corrected chi connectivity index (χ0v) is 13.0. The molecule has 0 heterocycles. The van der Waals surface area contributed by atoms with Crippen LogP contribution in [0.1, 0.15) is 26.6 Å². The standard InChI is InChI=1S/C10H8Br3FO2/c1-2-16-10(15)6-3-7(11)5(9(12)13)4-8(6)14/h3-4,9H,2H2,1H3. The van der Waals surface area contributed by atoms with Gasteiger partial charge in [0.05, 0.1) is 15.9 Å². The van der Waals surface area contributed by atoms with E-state index in [1.54, 1.807) is 6.92 Å². The lowest BCUT2D eigenvalue weighted by Crippen LogP contribution is -2.08. The second kappa shape index (κ2) is 6.12. The monoisotopic (exact) mass is 416 g/mol. The van der Waals surface area contributed by atoms with Gasteiger partial charge in [-0.15, -0.1) is 0 Å². The number of benzene rings is 1. The fraction of sp³-hybridized carbons (Fsp3) is 0.300. The number of carbonyl (C=O) groups is 1. The van der Waals surface area contributed by atoms with Crippen LogP contribution in [0.15, 0.2) is 16.6 Å². The average Bonchev–Trinajstić information content (AvgIpc) is 2.20. The molecular formula is C10H8Br3FO2. The van der Waals surface area contributed by atoms with Crippen molar-refractivity contribution in [3.8, 4) is 0 Å². The first-order valence-electron chi connectivity index (χ1n) is 4.41. The molecule has 0 aromatic heterocycles. The lowest BCUT2D eigenvalue weighted by molar-refractivity contribution is 0.0521. The lowest BCUT2D eigenvalue weighted by Gasteiger charge is -2.09. The summed E-state index contributed by atoms with van der Waals surface area (Å²) in [6, 6.07) is 2.70. The molecular weight excluding hydrogens is 411 g/mol. The number of hydrogen-bond donors (Lipinski definition) is 0. The fourth-order valence-electron chi connectivity index (χ4n) is 1.09. The predicted molar refractivity (Wildman–Crippen MR) is 70.7 cm³/mol. The minimum absolute atomic E-state index is 0.0712. The Morgan fingerprint density at radius 3 is 2.62 bits per heavy atom. The molecule has 0 bridgehead atoms. The van der Waals surface area contributed by atoms with E-state index in [9.17, 15) is 9.18 Å². The van der Waals surface area contributed by atoms with Gasteiger partial charge in [0, 0.05) is 4.47 Å². The molecule has 0 amide bonds. The van der Waals surface area contributed by atoms with Crippen LogP contribution in [0.25, 0.3) is 0 Å². The fourth-order valence-corrected chi connectivity index (χ4v) is 3.04. The molecule has 0 aliphatic heterocycles. The lowest BCUT2D eigenvalue weighted by atomic mass is 10.1. The Morgan fingerprint density at radius 1 is 1.50 bits per heavy atom. The van der Waals surface area contributed by atoms with E-state index < -0.39 is 11.8 Å². The van der Waals surface area contributed by atoms with Gasteiger partial charge in [-0.3, -0.25) is 0 Å². The van der Waals surface area contributed by atoms with Crippen molar-refractivity contribution < 1.29 is 13.9 Å². The van der Waals surface area contributed by atoms with E-state index in [-0.39, 0.29) is 15.9 Å². The summed E-state index contributed by atoms with van der Waals surface area (Å²) in [4.78, 5) is 11.4. The molecule has 0 radical (unpaired) electrons. The third kappa shape index (κ3) is 3.28. The first-order valence-corrected chi connectivity index (χ1v) is 7.04. The van der Waals surface area contributed by atoms with Gasteiger partial charge in [-0.1, -0.05) is 47.8 Å². The van der Waals surface area contributed by atoms with Crippen LogP contribution in [0.5, 0.6) is 0 Å². The summed E-state index contributed by atoms with van der Waals surface area (Å²) in [5.41, 5.74) is 0.601. The van der Waals surface area contributed by atoms with Crippen molar-refractivity contribution in [3.63, 3.8) is 0 Å². The highest BCUT2D eigenvalue weighted by Crippen LogP contribution is 2.35. The quantitative estimate of drug-likeness (QED) is 0.531. The van der Waals surface area contributed by atoms with Crippen molar-refractivity contribution in [1.82, 2.24) is 0 Å². The molecule has 0 aliphatic carbocycles. The topological polar surface area (TPSA) is 26.3 Å². The number of halogens is 4. The van der Waals surface area contributed by atoms with Gasteiger partial charge in [0.1, 0.15) is 5.82 Å². The Hall–Kier alpha value is 0.0600. The molecule has 6 heteroatoms. The van der Waals surface area contributed by atoms with Crippen LogP contribution < -0.4 is 0 Å². The molecule has 0 fully saturated rings. The molecule has 0 unspecified atom stereocenters. The summed E-state index contributed by atoms with van der Waals surface area (Å²) in [6.07, 6.45) is 0. The highest BCUT2D eigenvalue weighted by Gasteiger charge is 2.18. The van der Waals surface area contributed by atoms with E-state index in [0.29, 0.717) is 10.0 Å². The van der Waals surface area contributed by atoms with Crippen molar-refractivity contribution in [3.05, 3.63) is 33.5 Å². The van der Waals surface area contributed by atoms with Crippen molar-refractivity contribution in [2.24, 2.45) is 0 Å². The normalized spacial score (nSPS) is 10.6. The zero-order chi connectivity index (χ0) is 12.3. The van der Waals surface area contributed by atoms with Gasteiger partial charge in [0.2, 0.25) is 0 Å². The maximum atomic E-state index is 13.6. The Morgan fingerprint density at radius 2 is 2.12 bits per heavy atom. The van der Waals surface area contributed by atoms with Gasteiger partial charge in [-0.05, 0) is 24.6 Å². The first-order chi connectivity index (χ1) is 7.47. The van der Waals surface area contributed by atoms with Crippen LogP contribution in [-0.4, -0.2) is 12.6 Å². The average molecular weight is 419 g/mol. The van der Waals surface area contributed by atoms with Crippen LogP contribution >= 0.6 is 47.8 Å². The Kier molecular flexibility index (Phi) is 5.40. The van der Waals surface area contributed by atoms with Crippen LogP contribution in [0, 0.1) is 5.82 Å². The van der Waals surface area contributed by atoms with Crippen molar-refractivity contribution in [1.29, 1.82) is 0 Å². The molecule has 0 aliphatic rings. The molecule has 1 aromatic carbocycles. The molecule has 1 aromatic rings. The zero-order valence-electron chi connectivity index (χ0n) is 8.27. The Labute approximate surface area is 118 Å². The third-order valence-electron chi connectivity index (χ3n) is 1.82. The number of rotatable bonds is 3. The Bertz CT molecular complexity index is 407. The molecule has 0 saturated heterocycles. The summed E-state index contributed by atoms with van der Waals surface area (Å²) in [5.74, 6) is -1.26. The van der Waals surface area contributed by atoms with E-state index in [2.05, 4.69) is 47.8 Å². The smallest absolute Gasteiger partial charge is 0.341 e. The van der Waals surface area contributed by atoms with Gasteiger partial charge >= 0.3 is 5.97 Å². The first kappa shape index (κ1) is 14.1. The second-order valence-corrected chi connectivity index (χ2v) is 6.79. The largest absolute Gasteiger partial charge is 0.462 e. The van der Waals surface area contributed by atoms with Gasteiger partial charge in [-0.2, -0.15) is 0 Å². The number of hydrogen-bond acceptors (Lipinski definition) is 2. The van der Waals surface area contributed by atoms with Gasteiger partial charge < -0.3 is 4.74 Å². The van der Waals surface area contributed by atoms with Crippen LogP contribution in [0.2, 0.25) is 0 Å². The van der Waals surface area contributed by atoms with E-state index in [0.717, 1.165) is 0 Å². The van der Waals surface area contributed by atoms with Crippen molar-refractivity contribution >= 4 is 53.8 Å². The molecule has 1 rings (SSSR count). The highest BCUT2D eigenvalue weighted by molar-refractivity contribution is 9.24. The molecule has 88 valence electrons. The van der Waals surface area contributed by atoms with E-state index in [1.165, 1.54) is 12.1 Å². The number of esters is 1. The molecule has 2 nitrogen and oxygen atoms in total. The van der Waals surface area contributed by atoms with Crippen LogP contribution in [-0.2, 0) is 4.74 Å². The summed E-state index contributed by atoms with van der Waals surface area (Å²) in [5, 5.41) is 0. The number of alkyl halides is 2. The molecule has 16 heavy (non-hydrogen) atoms. The summed E-state index contributed by atoms with van der Waals surface area (Å²) >= 11 is 9.79. The van der Waals surface area contributed by atoms with E-state index >= 15 is 0 Å². The number of carbonyl (C=O) groups excluding carboxylic acids is 1. The van der Waals surface area contributed by atoms with Gasteiger partial charge in [-0.25, -0.2) is 9.18 Å². The maximum Gasteiger partial charge on any atom is 0.341 e. The summed E-state index contributed by atoms with van der Waals surface area (Å²) < 4.78 is 18.8. The second-order valence-electron chi connectivity index (χ2n) is 2.87. The molecule has 0 spiro atoms. The van der Waals surface area contributed by atoms with E-state index in [4.69, 9.17) is 4.74 Å². The summed E-state index contributed by atoms with van der Waals surface area (Å²) in [6.45, 7) is 1.89. The molecule has 0 atom stereocenters. The molecule has 0 N–H and O–H groups in total. The minimum Gasteiger partial charge on any atom is -0.462 e. The van der Waals surface area contributed by atoms with Crippen LogP contribution in [0.3, 0.4) is 0 Å². The van der Waals surface area contributed by atoms with E-state index in [1.807, 2.05) is 0 Å². The SMILES string of the molecule is CCOC(=O)c1cc(Br)c(C(Br)Br)cc1F. The molecule has 0 saturated carbocycles. The minimum atomic E-state index is -0.659. The number of ether oxygens (including phenoxy) is 1. The van der Waals surface area contributed by atoms with Crippen LogP contribution in [0.4, 0.5) is 4.39 Å². The van der Waals surface area contributed by atoms with Crippen molar-refractivity contribution in [2.45, 2.75) is 10.7 Å². The van der Waals surface area contributed by atoms with Gasteiger partial charge in [0.25, 0.3) is 0 Å². The highest BCUT2D eigenvalue weighted by atomic mass is 79.9. The maximum absolute atomic E-state index is 13.6. The predicted octanol–water partition coefficient (Wildman–Crippen LogP) is 4.55. The Balaban J connectivity index is 3.15. The summed E-state index contributed by atoms with van der Waals surface area (Å²) in [7, 11) is 0. The van der Waals surface area contributed by atoms with Gasteiger partial charge in [0.15, 0.2) is 0 Å².